The fraction of sp³-hybridized carbons (Fsp3) is 0.636. The number of ether oxygens (including phenoxy) is 1. The molecule has 1 atom stereocenters. The summed E-state index contributed by atoms with van der Waals surface area (Å²) in [7, 11) is 0. The highest BCUT2D eigenvalue weighted by Crippen LogP contribution is 2.14. The van der Waals surface area contributed by atoms with E-state index in [0.717, 1.165) is 82.5 Å². The van der Waals surface area contributed by atoms with Gasteiger partial charge in [0.1, 0.15) is 0 Å². The first-order valence-electron chi connectivity index (χ1n) is 11.1. The lowest BCUT2D eigenvalue weighted by molar-refractivity contribution is 0.0211. The van der Waals surface area contributed by atoms with Crippen molar-refractivity contribution >= 4 is 41.7 Å². The van der Waals surface area contributed by atoms with Crippen molar-refractivity contribution in [3.05, 3.63) is 29.8 Å². The van der Waals surface area contributed by atoms with E-state index in [-0.39, 0.29) is 30.0 Å². The second-order valence-corrected chi connectivity index (χ2v) is 7.90. The molecule has 2 heterocycles. The standard InChI is InChI=1S/C22H36N6O2.HI/c1-3-23-21(24-16-18(2)27-11-13-30-14-12-27)25-17-19-7-6-8-20(15-19)26-22(29)28-9-4-5-10-28;/h6-8,15,18H,3-5,9-14,16-17H2,1-2H3,(H,26,29)(H2,23,24,25);1H. The Kier molecular flexibility index (Phi) is 11.4. The van der Waals surface area contributed by atoms with Crippen LogP contribution in [-0.2, 0) is 11.3 Å². The number of nitrogens with zero attached hydrogens (tertiary/aromatic N) is 3. The molecule has 2 saturated heterocycles. The van der Waals surface area contributed by atoms with Crippen LogP contribution < -0.4 is 16.0 Å². The zero-order chi connectivity index (χ0) is 21.2. The minimum absolute atomic E-state index is 0. The van der Waals surface area contributed by atoms with Gasteiger partial charge in [0.15, 0.2) is 5.96 Å². The van der Waals surface area contributed by atoms with E-state index in [1.165, 1.54) is 0 Å². The zero-order valence-electron chi connectivity index (χ0n) is 18.7. The van der Waals surface area contributed by atoms with Gasteiger partial charge in [-0.15, -0.1) is 24.0 Å². The molecule has 0 spiro atoms. The Morgan fingerprint density at radius 2 is 1.90 bits per heavy atom. The van der Waals surface area contributed by atoms with Gasteiger partial charge >= 0.3 is 6.03 Å². The molecule has 31 heavy (non-hydrogen) atoms. The van der Waals surface area contributed by atoms with Gasteiger partial charge in [0.05, 0.1) is 19.8 Å². The fourth-order valence-corrected chi connectivity index (χ4v) is 3.77. The molecule has 2 aliphatic rings. The maximum atomic E-state index is 12.3. The number of guanidine groups is 1. The molecular weight excluding hydrogens is 507 g/mol. The number of aliphatic imine (C=N–C) groups is 1. The van der Waals surface area contributed by atoms with Gasteiger partial charge in [-0.2, -0.15) is 0 Å². The zero-order valence-corrected chi connectivity index (χ0v) is 21.1. The third-order valence-corrected chi connectivity index (χ3v) is 5.57. The number of hydrogen-bond acceptors (Lipinski definition) is 4. The molecule has 2 amide bonds. The number of amides is 2. The average Bonchev–Trinajstić information content (AvgIpc) is 3.31. The summed E-state index contributed by atoms with van der Waals surface area (Å²) in [5.41, 5.74) is 1.88. The molecule has 0 aromatic heterocycles. The average molecular weight is 544 g/mol. The van der Waals surface area contributed by atoms with Crippen LogP contribution in [0.4, 0.5) is 10.5 Å². The largest absolute Gasteiger partial charge is 0.379 e. The van der Waals surface area contributed by atoms with E-state index in [2.05, 4.69) is 34.7 Å². The molecule has 0 aliphatic carbocycles. The lowest BCUT2D eigenvalue weighted by Gasteiger charge is -2.32. The molecule has 0 radical (unpaired) electrons. The maximum Gasteiger partial charge on any atom is 0.321 e. The van der Waals surface area contributed by atoms with E-state index in [4.69, 9.17) is 9.73 Å². The molecule has 9 heteroatoms. The Hall–Kier alpha value is -1.59. The lowest BCUT2D eigenvalue weighted by Crippen LogP contribution is -2.49. The highest BCUT2D eigenvalue weighted by molar-refractivity contribution is 14.0. The second kappa shape index (κ2) is 13.7. The van der Waals surface area contributed by atoms with E-state index >= 15 is 0 Å². The van der Waals surface area contributed by atoms with Crippen LogP contribution in [0.25, 0.3) is 0 Å². The fourth-order valence-electron chi connectivity index (χ4n) is 3.77. The Bertz CT molecular complexity index is 705. The van der Waals surface area contributed by atoms with Gasteiger partial charge in [-0.3, -0.25) is 4.90 Å². The number of benzene rings is 1. The van der Waals surface area contributed by atoms with Crippen molar-refractivity contribution in [2.24, 2.45) is 4.99 Å². The topological polar surface area (TPSA) is 81.2 Å². The van der Waals surface area contributed by atoms with Crippen LogP contribution in [0.5, 0.6) is 0 Å². The Balaban J connectivity index is 0.00000341. The van der Waals surface area contributed by atoms with E-state index in [0.29, 0.717) is 12.6 Å². The van der Waals surface area contributed by atoms with Crippen molar-refractivity contribution in [1.29, 1.82) is 0 Å². The molecule has 2 fully saturated rings. The first-order chi connectivity index (χ1) is 14.7. The SMILES string of the molecule is CCNC(=NCc1cccc(NC(=O)N2CCCC2)c1)NCC(C)N1CCOCC1.I. The number of halogens is 1. The minimum atomic E-state index is -0.0137. The first-order valence-corrected chi connectivity index (χ1v) is 11.1. The Morgan fingerprint density at radius 1 is 1.16 bits per heavy atom. The number of urea groups is 1. The molecule has 0 bridgehead atoms. The van der Waals surface area contributed by atoms with Crippen molar-refractivity contribution in [1.82, 2.24) is 20.4 Å². The van der Waals surface area contributed by atoms with Gasteiger partial charge in [0.25, 0.3) is 0 Å². The van der Waals surface area contributed by atoms with Crippen LogP contribution in [0.15, 0.2) is 29.3 Å². The van der Waals surface area contributed by atoms with Crippen LogP contribution in [0.3, 0.4) is 0 Å². The number of rotatable bonds is 7. The van der Waals surface area contributed by atoms with Gasteiger partial charge in [-0.05, 0) is 44.4 Å². The molecule has 174 valence electrons. The van der Waals surface area contributed by atoms with Crippen LogP contribution >= 0.6 is 24.0 Å². The van der Waals surface area contributed by atoms with Gasteiger partial charge in [0.2, 0.25) is 0 Å². The van der Waals surface area contributed by atoms with Crippen molar-refractivity contribution < 1.29 is 9.53 Å². The van der Waals surface area contributed by atoms with Crippen molar-refractivity contribution in [2.75, 3.05) is 57.8 Å². The third kappa shape index (κ3) is 8.46. The Labute approximate surface area is 203 Å². The van der Waals surface area contributed by atoms with Crippen LogP contribution in [0.1, 0.15) is 32.3 Å². The molecule has 1 unspecified atom stereocenters. The predicted molar refractivity (Wildman–Crippen MR) is 136 cm³/mol. The Morgan fingerprint density at radius 3 is 2.61 bits per heavy atom. The number of carbonyl (C=O) groups is 1. The van der Waals surface area contributed by atoms with Crippen LogP contribution in [-0.4, -0.2) is 80.3 Å². The number of hydrogen-bond donors (Lipinski definition) is 3. The van der Waals surface area contributed by atoms with Crippen LogP contribution in [0.2, 0.25) is 0 Å². The molecule has 3 N–H and O–H groups in total. The number of carbonyl (C=O) groups excluding carboxylic acids is 1. The van der Waals surface area contributed by atoms with E-state index in [9.17, 15) is 4.79 Å². The summed E-state index contributed by atoms with van der Waals surface area (Å²) in [5.74, 6) is 0.809. The van der Waals surface area contributed by atoms with Gasteiger partial charge < -0.3 is 25.6 Å². The summed E-state index contributed by atoms with van der Waals surface area (Å²) in [6.45, 7) is 11.7. The normalized spacial score (nSPS) is 18.3. The predicted octanol–water partition coefficient (Wildman–Crippen LogP) is 2.71. The quantitative estimate of drug-likeness (QED) is 0.280. The summed E-state index contributed by atoms with van der Waals surface area (Å²) >= 11 is 0. The smallest absolute Gasteiger partial charge is 0.321 e. The third-order valence-electron chi connectivity index (χ3n) is 5.57. The van der Waals surface area contributed by atoms with E-state index < -0.39 is 0 Å². The van der Waals surface area contributed by atoms with Gasteiger partial charge in [-0.1, -0.05) is 12.1 Å². The molecule has 0 saturated carbocycles. The number of nitrogens with one attached hydrogen (secondary N) is 3. The molecular formula is C22H37IN6O2. The van der Waals surface area contributed by atoms with Crippen molar-refractivity contribution in [3.63, 3.8) is 0 Å². The summed E-state index contributed by atoms with van der Waals surface area (Å²) < 4.78 is 5.44. The second-order valence-electron chi connectivity index (χ2n) is 7.90. The van der Waals surface area contributed by atoms with Crippen molar-refractivity contribution in [2.45, 2.75) is 39.3 Å². The summed E-state index contributed by atoms with van der Waals surface area (Å²) in [5, 5.41) is 9.77. The molecule has 8 nitrogen and oxygen atoms in total. The van der Waals surface area contributed by atoms with Gasteiger partial charge in [-0.25, -0.2) is 9.79 Å². The number of anilines is 1. The van der Waals surface area contributed by atoms with Gasteiger partial charge in [0, 0.05) is 51.0 Å². The number of morpholine rings is 1. The van der Waals surface area contributed by atoms with Crippen LogP contribution in [0, 0.1) is 0 Å². The van der Waals surface area contributed by atoms with E-state index in [1.807, 2.05) is 29.2 Å². The molecule has 2 aliphatic heterocycles. The lowest BCUT2D eigenvalue weighted by atomic mass is 10.2. The van der Waals surface area contributed by atoms with Crippen molar-refractivity contribution in [3.8, 4) is 0 Å². The monoisotopic (exact) mass is 544 g/mol. The van der Waals surface area contributed by atoms with E-state index in [1.54, 1.807) is 0 Å². The highest BCUT2D eigenvalue weighted by Gasteiger charge is 2.18. The summed E-state index contributed by atoms with van der Waals surface area (Å²) in [6, 6.07) is 8.33. The molecule has 1 aromatic rings. The molecule has 3 rings (SSSR count). The minimum Gasteiger partial charge on any atom is -0.379 e. The molecule has 1 aromatic carbocycles. The summed E-state index contributed by atoms with van der Waals surface area (Å²) in [6.07, 6.45) is 2.18. The highest BCUT2D eigenvalue weighted by atomic mass is 127. The first kappa shape index (κ1) is 25.7. The number of likely N-dealkylation sites (tertiary alicyclic amines) is 1. The summed E-state index contributed by atoms with van der Waals surface area (Å²) in [4.78, 5) is 21.3. The maximum absolute atomic E-state index is 12.3.